The average Bonchev–Trinajstić information content (AvgIpc) is 2.87. The van der Waals surface area contributed by atoms with Gasteiger partial charge >= 0.3 is 5.97 Å². The standard InChI is InChI=1S/C14H7F3N2O2/c15-9-4-8(5-10(16)13(9)17)19-6-18-11-2-1-7(14(20)21)3-12(11)19/h1-6H,(H,20,21). The molecular weight excluding hydrogens is 285 g/mol. The number of carboxylic acids is 1. The number of aromatic nitrogens is 2. The van der Waals surface area contributed by atoms with E-state index in [2.05, 4.69) is 4.98 Å². The Bertz CT molecular complexity index is 851. The number of carbonyl (C=O) groups is 1. The number of nitrogens with zero attached hydrogens (tertiary/aromatic N) is 2. The van der Waals surface area contributed by atoms with Crippen molar-refractivity contribution in [1.29, 1.82) is 0 Å². The van der Waals surface area contributed by atoms with Crippen LogP contribution in [0.2, 0.25) is 0 Å². The van der Waals surface area contributed by atoms with Crippen LogP contribution in [0.25, 0.3) is 16.7 Å². The molecule has 2 aromatic carbocycles. The molecule has 0 atom stereocenters. The zero-order valence-corrected chi connectivity index (χ0v) is 10.3. The first kappa shape index (κ1) is 13.2. The third-order valence-corrected chi connectivity index (χ3v) is 3.04. The molecule has 0 unspecified atom stereocenters. The number of benzene rings is 2. The quantitative estimate of drug-likeness (QED) is 0.738. The minimum absolute atomic E-state index is 0.00676. The van der Waals surface area contributed by atoms with Gasteiger partial charge in [-0.3, -0.25) is 4.57 Å². The Kier molecular flexibility index (Phi) is 2.90. The lowest BCUT2D eigenvalue weighted by molar-refractivity contribution is 0.0697. The second-order valence-corrected chi connectivity index (χ2v) is 4.35. The van der Waals surface area contributed by atoms with Crippen LogP contribution in [0.1, 0.15) is 10.4 Å². The summed E-state index contributed by atoms with van der Waals surface area (Å²) in [6.45, 7) is 0. The number of imidazole rings is 1. The van der Waals surface area contributed by atoms with Crippen molar-refractivity contribution in [2.75, 3.05) is 0 Å². The van der Waals surface area contributed by atoms with Gasteiger partial charge < -0.3 is 5.11 Å². The fourth-order valence-electron chi connectivity index (χ4n) is 2.03. The van der Waals surface area contributed by atoms with Crippen molar-refractivity contribution in [3.05, 3.63) is 59.7 Å². The Morgan fingerprint density at radius 3 is 2.38 bits per heavy atom. The van der Waals surface area contributed by atoms with Gasteiger partial charge in [0.25, 0.3) is 0 Å². The fourth-order valence-corrected chi connectivity index (χ4v) is 2.03. The second kappa shape index (κ2) is 4.62. The van der Waals surface area contributed by atoms with Gasteiger partial charge in [0.05, 0.1) is 22.3 Å². The van der Waals surface area contributed by atoms with E-state index in [-0.39, 0.29) is 11.3 Å². The van der Waals surface area contributed by atoms with E-state index in [1.807, 2.05) is 0 Å². The Labute approximate surface area is 116 Å². The third kappa shape index (κ3) is 2.12. The van der Waals surface area contributed by atoms with Crippen molar-refractivity contribution >= 4 is 17.0 Å². The molecule has 0 saturated heterocycles. The highest BCUT2D eigenvalue weighted by atomic mass is 19.2. The molecular formula is C14H7F3N2O2. The summed E-state index contributed by atoms with van der Waals surface area (Å²) in [6.07, 6.45) is 1.28. The summed E-state index contributed by atoms with van der Waals surface area (Å²) in [5.41, 5.74) is 0.814. The minimum Gasteiger partial charge on any atom is -0.478 e. The van der Waals surface area contributed by atoms with Gasteiger partial charge in [0.2, 0.25) is 0 Å². The summed E-state index contributed by atoms with van der Waals surface area (Å²) >= 11 is 0. The number of hydrogen-bond donors (Lipinski definition) is 1. The summed E-state index contributed by atoms with van der Waals surface area (Å²) in [5, 5.41) is 8.97. The van der Waals surface area contributed by atoms with Crippen molar-refractivity contribution in [2.45, 2.75) is 0 Å². The molecule has 1 heterocycles. The van der Waals surface area contributed by atoms with E-state index in [1.54, 1.807) is 0 Å². The highest BCUT2D eigenvalue weighted by Crippen LogP contribution is 2.22. The number of aromatic carboxylic acids is 1. The van der Waals surface area contributed by atoms with Crippen LogP contribution in [0.15, 0.2) is 36.7 Å². The van der Waals surface area contributed by atoms with Crippen LogP contribution in [0.3, 0.4) is 0 Å². The van der Waals surface area contributed by atoms with Gasteiger partial charge in [-0.05, 0) is 18.2 Å². The zero-order chi connectivity index (χ0) is 15.1. The van der Waals surface area contributed by atoms with Crippen LogP contribution in [0, 0.1) is 17.5 Å². The molecule has 1 aromatic heterocycles. The van der Waals surface area contributed by atoms with Crippen LogP contribution in [0.4, 0.5) is 13.2 Å². The van der Waals surface area contributed by atoms with Crippen LogP contribution < -0.4 is 0 Å². The normalized spacial score (nSPS) is 11.0. The summed E-state index contributed by atoms with van der Waals surface area (Å²) < 4.78 is 40.9. The molecule has 4 nitrogen and oxygen atoms in total. The Balaban J connectivity index is 2.25. The van der Waals surface area contributed by atoms with Gasteiger partial charge in [-0.15, -0.1) is 0 Å². The Morgan fingerprint density at radius 2 is 1.76 bits per heavy atom. The molecule has 0 aliphatic rings. The third-order valence-electron chi connectivity index (χ3n) is 3.04. The van der Waals surface area contributed by atoms with Crippen LogP contribution >= 0.6 is 0 Å². The maximum atomic E-state index is 13.3. The largest absolute Gasteiger partial charge is 0.478 e. The lowest BCUT2D eigenvalue weighted by atomic mass is 10.2. The van der Waals surface area contributed by atoms with E-state index in [0.717, 1.165) is 12.1 Å². The van der Waals surface area contributed by atoms with Gasteiger partial charge in [0.15, 0.2) is 17.5 Å². The smallest absolute Gasteiger partial charge is 0.335 e. The highest BCUT2D eigenvalue weighted by Gasteiger charge is 2.14. The maximum Gasteiger partial charge on any atom is 0.335 e. The molecule has 3 rings (SSSR count). The van der Waals surface area contributed by atoms with E-state index in [1.165, 1.54) is 29.1 Å². The van der Waals surface area contributed by atoms with E-state index < -0.39 is 23.4 Å². The molecule has 7 heteroatoms. The highest BCUT2D eigenvalue weighted by molar-refractivity contribution is 5.92. The predicted molar refractivity (Wildman–Crippen MR) is 67.9 cm³/mol. The number of hydrogen-bond acceptors (Lipinski definition) is 2. The van der Waals surface area contributed by atoms with Crippen LogP contribution in [0.5, 0.6) is 0 Å². The monoisotopic (exact) mass is 292 g/mol. The lowest BCUT2D eigenvalue weighted by Crippen LogP contribution is -2.00. The van der Waals surface area contributed by atoms with Crippen LogP contribution in [-0.4, -0.2) is 20.6 Å². The first-order chi connectivity index (χ1) is 9.97. The predicted octanol–water partition coefficient (Wildman–Crippen LogP) is 3.14. The molecule has 0 bridgehead atoms. The van der Waals surface area contributed by atoms with Crippen molar-refractivity contribution in [2.24, 2.45) is 0 Å². The molecule has 0 amide bonds. The number of fused-ring (bicyclic) bond motifs is 1. The topological polar surface area (TPSA) is 55.1 Å². The first-order valence-corrected chi connectivity index (χ1v) is 5.82. The Morgan fingerprint density at radius 1 is 1.10 bits per heavy atom. The molecule has 0 radical (unpaired) electrons. The van der Waals surface area contributed by atoms with E-state index in [0.29, 0.717) is 11.0 Å². The lowest BCUT2D eigenvalue weighted by Gasteiger charge is -2.06. The van der Waals surface area contributed by atoms with Crippen LogP contribution in [-0.2, 0) is 0 Å². The fraction of sp³-hybridized carbons (Fsp3) is 0. The maximum absolute atomic E-state index is 13.3. The minimum atomic E-state index is -1.56. The van der Waals surface area contributed by atoms with E-state index >= 15 is 0 Å². The molecule has 0 aliphatic carbocycles. The summed E-state index contributed by atoms with van der Waals surface area (Å²) in [7, 11) is 0. The summed E-state index contributed by atoms with van der Waals surface area (Å²) in [5.74, 6) is -5.36. The molecule has 0 fully saturated rings. The number of halogens is 3. The molecule has 21 heavy (non-hydrogen) atoms. The van der Waals surface area contributed by atoms with Crippen molar-refractivity contribution < 1.29 is 23.1 Å². The molecule has 1 N–H and O–H groups in total. The van der Waals surface area contributed by atoms with Crippen molar-refractivity contribution in [3.8, 4) is 5.69 Å². The number of carboxylic acid groups (broad SMARTS) is 1. The SMILES string of the molecule is O=C(O)c1ccc2ncn(-c3cc(F)c(F)c(F)c3)c2c1. The first-order valence-electron chi connectivity index (χ1n) is 5.82. The number of rotatable bonds is 2. The van der Waals surface area contributed by atoms with E-state index in [4.69, 9.17) is 5.11 Å². The molecule has 0 spiro atoms. The van der Waals surface area contributed by atoms with Gasteiger partial charge in [0, 0.05) is 12.1 Å². The Hall–Kier alpha value is -2.83. The van der Waals surface area contributed by atoms with Gasteiger partial charge in [-0.2, -0.15) is 0 Å². The van der Waals surface area contributed by atoms with Gasteiger partial charge in [0.1, 0.15) is 6.33 Å². The summed E-state index contributed by atoms with van der Waals surface area (Å²) in [4.78, 5) is 15.0. The molecule has 3 aromatic rings. The summed E-state index contributed by atoms with van der Waals surface area (Å²) in [6, 6.07) is 5.79. The van der Waals surface area contributed by atoms with E-state index in [9.17, 15) is 18.0 Å². The second-order valence-electron chi connectivity index (χ2n) is 4.35. The molecule has 106 valence electrons. The van der Waals surface area contributed by atoms with Crippen molar-refractivity contribution in [1.82, 2.24) is 9.55 Å². The van der Waals surface area contributed by atoms with Gasteiger partial charge in [-0.1, -0.05) is 0 Å². The van der Waals surface area contributed by atoms with Gasteiger partial charge in [-0.25, -0.2) is 22.9 Å². The molecule has 0 aliphatic heterocycles. The molecule has 0 saturated carbocycles. The zero-order valence-electron chi connectivity index (χ0n) is 10.3. The van der Waals surface area contributed by atoms with Crippen molar-refractivity contribution in [3.63, 3.8) is 0 Å². The average molecular weight is 292 g/mol.